The fourth-order valence-electron chi connectivity index (χ4n) is 2.66. The van der Waals surface area contributed by atoms with Crippen LogP contribution in [0.4, 0.5) is 4.39 Å². The van der Waals surface area contributed by atoms with E-state index < -0.39 is 0 Å². The topological polar surface area (TPSA) is 71.8 Å². The van der Waals surface area contributed by atoms with E-state index in [1.165, 1.54) is 29.7 Å². The molecule has 0 atom stereocenters. The molecule has 0 aliphatic heterocycles. The van der Waals surface area contributed by atoms with Crippen molar-refractivity contribution < 1.29 is 8.81 Å². The van der Waals surface area contributed by atoms with Crippen LogP contribution in [-0.2, 0) is 6.42 Å². The third kappa shape index (κ3) is 2.87. The van der Waals surface area contributed by atoms with E-state index in [4.69, 9.17) is 4.42 Å². The summed E-state index contributed by atoms with van der Waals surface area (Å²) >= 11 is 1.37. The molecule has 1 aromatic carbocycles. The zero-order valence-corrected chi connectivity index (χ0v) is 14.2. The number of aryl methyl sites for hydroxylation is 1. The van der Waals surface area contributed by atoms with E-state index in [-0.39, 0.29) is 11.4 Å². The first-order chi connectivity index (χ1) is 12.2. The summed E-state index contributed by atoms with van der Waals surface area (Å²) in [5.74, 6) is 0.695. The summed E-state index contributed by atoms with van der Waals surface area (Å²) < 4.78 is 18.5. The molecule has 0 amide bonds. The van der Waals surface area contributed by atoms with Gasteiger partial charge >= 0.3 is 0 Å². The van der Waals surface area contributed by atoms with Crippen molar-refractivity contribution >= 4 is 21.6 Å². The lowest BCUT2D eigenvalue weighted by Gasteiger charge is -2.00. The molecule has 0 aliphatic rings. The summed E-state index contributed by atoms with van der Waals surface area (Å²) in [6.45, 7) is 2.04. The Morgan fingerprint density at radius 1 is 1.24 bits per heavy atom. The molecule has 5 nitrogen and oxygen atoms in total. The average Bonchev–Trinajstić information content (AvgIpc) is 3.23. The lowest BCUT2D eigenvalue weighted by atomic mass is 10.1. The Labute approximate surface area is 146 Å². The standard InChI is InChI=1S/C18H14FN3O2S/c1-2-3-14-20-13(8-24-14)16-21-17(23)15-12(9-25-18(15)22-16)10-4-6-11(19)7-5-10/h4-9H,2-3H2,1H3,(H,21,22,23). The van der Waals surface area contributed by atoms with Crippen LogP contribution in [0.3, 0.4) is 0 Å². The van der Waals surface area contributed by atoms with Crippen LogP contribution in [0.5, 0.6) is 0 Å². The summed E-state index contributed by atoms with van der Waals surface area (Å²) in [6, 6.07) is 6.05. The molecule has 4 aromatic rings. The molecule has 0 fully saturated rings. The summed E-state index contributed by atoms with van der Waals surface area (Å²) in [7, 11) is 0. The predicted molar refractivity (Wildman–Crippen MR) is 95.1 cm³/mol. The molecule has 0 spiro atoms. The van der Waals surface area contributed by atoms with Gasteiger partial charge in [0.05, 0.1) is 5.39 Å². The van der Waals surface area contributed by atoms with Gasteiger partial charge < -0.3 is 9.40 Å². The van der Waals surface area contributed by atoms with Crippen molar-refractivity contribution in [1.29, 1.82) is 0 Å². The van der Waals surface area contributed by atoms with Crippen molar-refractivity contribution in [3.63, 3.8) is 0 Å². The minimum Gasteiger partial charge on any atom is -0.448 e. The monoisotopic (exact) mass is 355 g/mol. The largest absolute Gasteiger partial charge is 0.448 e. The predicted octanol–water partition coefficient (Wildman–Crippen LogP) is 4.40. The number of nitrogens with zero attached hydrogens (tertiary/aromatic N) is 2. The summed E-state index contributed by atoms with van der Waals surface area (Å²) in [5.41, 5.74) is 1.78. The van der Waals surface area contributed by atoms with Gasteiger partial charge in [-0.25, -0.2) is 14.4 Å². The van der Waals surface area contributed by atoms with Gasteiger partial charge in [-0.1, -0.05) is 19.1 Å². The molecule has 4 rings (SSSR count). The Bertz CT molecular complexity index is 1100. The molecule has 0 aliphatic carbocycles. The normalized spacial score (nSPS) is 11.3. The molecule has 0 unspecified atom stereocenters. The quantitative estimate of drug-likeness (QED) is 0.589. The van der Waals surface area contributed by atoms with E-state index in [9.17, 15) is 9.18 Å². The second-order valence-corrected chi connectivity index (χ2v) is 6.49. The molecule has 25 heavy (non-hydrogen) atoms. The molecular formula is C18H14FN3O2S. The zero-order valence-electron chi connectivity index (χ0n) is 13.4. The number of nitrogens with one attached hydrogen (secondary N) is 1. The second kappa shape index (κ2) is 6.25. The number of benzene rings is 1. The minimum atomic E-state index is -0.313. The van der Waals surface area contributed by atoms with Crippen LogP contribution in [0.2, 0.25) is 0 Å². The van der Waals surface area contributed by atoms with Crippen LogP contribution in [0.25, 0.3) is 32.9 Å². The van der Waals surface area contributed by atoms with Crippen molar-refractivity contribution in [2.45, 2.75) is 19.8 Å². The van der Waals surface area contributed by atoms with Crippen LogP contribution in [0, 0.1) is 5.82 Å². The van der Waals surface area contributed by atoms with E-state index in [2.05, 4.69) is 15.0 Å². The second-order valence-electron chi connectivity index (χ2n) is 5.63. The maximum absolute atomic E-state index is 13.1. The summed E-state index contributed by atoms with van der Waals surface area (Å²) in [4.78, 5) is 24.9. The lowest BCUT2D eigenvalue weighted by molar-refractivity contribution is 0.491. The molecule has 7 heteroatoms. The number of rotatable bonds is 4. The highest BCUT2D eigenvalue weighted by Crippen LogP contribution is 2.31. The van der Waals surface area contributed by atoms with Gasteiger partial charge in [0, 0.05) is 17.4 Å². The number of fused-ring (bicyclic) bond motifs is 1. The minimum absolute atomic E-state index is 0.249. The van der Waals surface area contributed by atoms with Crippen molar-refractivity contribution in [1.82, 2.24) is 15.0 Å². The fraction of sp³-hybridized carbons (Fsp3) is 0.167. The maximum atomic E-state index is 13.1. The molecule has 0 saturated heterocycles. The van der Waals surface area contributed by atoms with E-state index in [0.717, 1.165) is 24.0 Å². The average molecular weight is 355 g/mol. The molecule has 3 heterocycles. The van der Waals surface area contributed by atoms with Gasteiger partial charge in [-0.05, 0) is 24.1 Å². The summed E-state index contributed by atoms with van der Waals surface area (Å²) in [5, 5.41) is 2.35. The smallest absolute Gasteiger partial charge is 0.260 e. The van der Waals surface area contributed by atoms with E-state index in [1.54, 1.807) is 12.1 Å². The number of halogens is 1. The highest BCUT2D eigenvalue weighted by atomic mass is 32.1. The first-order valence-electron chi connectivity index (χ1n) is 7.88. The Morgan fingerprint density at radius 2 is 2.04 bits per heavy atom. The molecule has 126 valence electrons. The molecular weight excluding hydrogens is 341 g/mol. The summed E-state index contributed by atoms with van der Waals surface area (Å²) in [6.07, 6.45) is 3.17. The van der Waals surface area contributed by atoms with Crippen LogP contribution < -0.4 is 5.56 Å². The van der Waals surface area contributed by atoms with E-state index in [0.29, 0.717) is 27.6 Å². The van der Waals surface area contributed by atoms with E-state index in [1.807, 2.05) is 12.3 Å². The number of aromatic nitrogens is 3. The number of H-pyrrole nitrogens is 1. The third-order valence-corrected chi connectivity index (χ3v) is 4.73. The molecule has 0 saturated carbocycles. The number of hydrogen-bond acceptors (Lipinski definition) is 5. The third-order valence-electron chi connectivity index (χ3n) is 3.86. The van der Waals surface area contributed by atoms with Crippen LogP contribution >= 0.6 is 11.3 Å². The number of oxazole rings is 1. The van der Waals surface area contributed by atoms with Crippen LogP contribution in [0.15, 0.2) is 45.1 Å². The highest BCUT2D eigenvalue weighted by Gasteiger charge is 2.15. The van der Waals surface area contributed by atoms with E-state index >= 15 is 0 Å². The Hall–Kier alpha value is -2.80. The molecule has 1 N–H and O–H groups in total. The maximum Gasteiger partial charge on any atom is 0.260 e. The number of hydrogen-bond donors (Lipinski definition) is 1. The first kappa shape index (κ1) is 15.7. The Balaban J connectivity index is 1.81. The van der Waals surface area contributed by atoms with Crippen molar-refractivity contribution in [3.05, 3.63) is 58.0 Å². The zero-order chi connectivity index (χ0) is 17.4. The van der Waals surface area contributed by atoms with Crippen LogP contribution in [-0.4, -0.2) is 15.0 Å². The Kier molecular flexibility index (Phi) is 3.93. The van der Waals surface area contributed by atoms with Gasteiger partial charge in [0.15, 0.2) is 11.7 Å². The van der Waals surface area contributed by atoms with Gasteiger partial charge in [0.1, 0.15) is 22.6 Å². The number of aromatic amines is 1. The lowest BCUT2D eigenvalue weighted by Crippen LogP contribution is -2.09. The van der Waals surface area contributed by atoms with Gasteiger partial charge in [-0.15, -0.1) is 11.3 Å². The van der Waals surface area contributed by atoms with Gasteiger partial charge in [0.2, 0.25) is 0 Å². The molecule has 0 bridgehead atoms. The van der Waals surface area contributed by atoms with Crippen molar-refractivity contribution in [2.24, 2.45) is 0 Å². The van der Waals surface area contributed by atoms with Gasteiger partial charge in [-0.3, -0.25) is 4.79 Å². The Morgan fingerprint density at radius 3 is 2.80 bits per heavy atom. The number of thiophene rings is 1. The van der Waals surface area contributed by atoms with Crippen LogP contribution in [0.1, 0.15) is 19.2 Å². The van der Waals surface area contributed by atoms with Gasteiger partial charge in [-0.2, -0.15) is 0 Å². The molecule has 3 aromatic heterocycles. The van der Waals surface area contributed by atoms with Crippen molar-refractivity contribution in [2.75, 3.05) is 0 Å². The van der Waals surface area contributed by atoms with Crippen molar-refractivity contribution in [3.8, 4) is 22.6 Å². The molecule has 0 radical (unpaired) electrons. The first-order valence-corrected chi connectivity index (χ1v) is 8.76. The highest BCUT2D eigenvalue weighted by molar-refractivity contribution is 7.17. The fourth-order valence-corrected chi connectivity index (χ4v) is 3.61. The SMILES string of the molecule is CCCc1nc(-c2nc3scc(-c4ccc(F)cc4)c3c(=O)[nH]2)co1. The van der Waals surface area contributed by atoms with Gasteiger partial charge in [0.25, 0.3) is 5.56 Å².